The summed E-state index contributed by atoms with van der Waals surface area (Å²) in [6.07, 6.45) is 6.79. The Morgan fingerprint density at radius 1 is 1.29 bits per heavy atom. The van der Waals surface area contributed by atoms with E-state index in [4.69, 9.17) is 17.3 Å². The number of hydrogen-bond donors (Lipinski definition) is 1. The highest BCUT2D eigenvalue weighted by atomic mass is 35.5. The lowest BCUT2D eigenvalue weighted by Crippen LogP contribution is -2.08. The lowest BCUT2D eigenvalue weighted by Gasteiger charge is -2.21. The molecule has 2 rings (SSSR count). The number of hydrogen-bond acceptors (Lipinski definition) is 2. The Morgan fingerprint density at radius 2 is 2.00 bits per heavy atom. The van der Waals surface area contributed by atoms with E-state index in [1.807, 2.05) is 24.8 Å². The van der Waals surface area contributed by atoms with Crippen molar-refractivity contribution in [3.05, 3.63) is 28.8 Å². The summed E-state index contributed by atoms with van der Waals surface area (Å²) in [4.78, 5) is 1.21. The average Bonchev–Trinajstić information content (AvgIpc) is 2.33. The maximum absolute atomic E-state index is 6.32. The molecule has 1 nitrogen and oxygen atoms in total. The standard InChI is InChI=1S/C14H20ClNS/c1-10(16)11-7-8-14(13(15)9-11)17-12-5-3-2-4-6-12/h7-10,12H,2-6,16H2,1H3/t10-/m1/s1. The molecule has 0 aromatic heterocycles. The summed E-state index contributed by atoms with van der Waals surface area (Å²) in [6, 6.07) is 6.29. The lowest BCUT2D eigenvalue weighted by molar-refractivity contribution is 0.516. The molecule has 0 amide bonds. The van der Waals surface area contributed by atoms with Crippen LogP contribution in [-0.2, 0) is 0 Å². The third-order valence-electron chi connectivity index (χ3n) is 3.33. The van der Waals surface area contributed by atoms with Crippen molar-refractivity contribution in [3.8, 4) is 0 Å². The van der Waals surface area contributed by atoms with E-state index in [0.29, 0.717) is 0 Å². The van der Waals surface area contributed by atoms with Gasteiger partial charge in [-0.15, -0.1) is 11.8 Å². The van der Waals surface area contributed by atoms with Crippen molar-refractivity contribution in [1.82, 2.24) is 0 Å². The van der Waals surface area contributed by atoms with Crippen LogP contribution in [0.15, 0.2) is 23.1 Å². The molecule has 2 N–H and O–H groups in total. The average molecular weight is 270 g/mol. The topological polar surface area (TPSA) is 26.0 Å². The molecule has 17 heavy (non-hydrogen) atoms. The van der Waals surface area contributed by atoms with E-state index < -0.39 is 0 Å². The van der Waals surface area contributed by atoms with E-state index in [-0.39, 0.29) is 6.04 Å². The van der Waals surface area contributed by atoms with Gasteiger partial charge in [-0.05, 0) is 37.5 Å². The van der Waals surface area contributed by atoms with Gasteiger partial charge in [-0.25, -0.2) is 0 Å². The van der Waals surface area contributed by atoms with Crippen LogP contribution in [0.4, 0.5) is 0 Å². The van der Waals surface area contributed by atoms with Gasteiger partial charge in [0.15, 0.2) is 0 Å². The monoisotopic (exact) mass is 269 g/mol. The minimum atomic E-state index is 0.0567. The first-order valence-electron chi connectivity index (χ1n) is 6.38. The Balaban J connectivity index is 2.05. The number of halogens is 1. The fraction of sp³-hybridized carbons (Fsp3) is 0.571. The van der Waals surface area contributed by atoms with E-state index in [1.165, 1.54) is 37.0 Å². The van der Waals surface area contributed by atoms with Gasteiger partial charge >= 0.3 is 0 Å². The van der Waals surface area contributed by atoms with Crippen LogP contribution in [0.1, 0.15) is 50.6 Å². The van der Waals surface area contributed by atoms with Gasteiger partial charge in [0.05, 0.1) is 5.02 Å². The molecule has 1 fully saturated rings. The number of benzene rings is 1. The quantitative estimate of drug-likeness (QED) is 0.854. The zero-order valence-corrected chi connectivity index (χ0v) is 11.9. The van der Waals surface area contributed by atoms with Gasteiger partial charge in [0.1, 0.15) is 0 Å². The molecule has 1 aromatic carbocycles. The molecule has 0 saturated heterocycles. The van der Waals surface area contributed by atoms with Crippen molar-refractivity contribution >= 4 is 23.4 Å². The van der Waals surface area contributed by atoms with Crippen LogP contribution >= 0.6 is 23.4 Å². The molecule has 1 aliphatic rings. The highest BCUT2D eigenvalue weighted by Crippen LogP contribution is 2.37. The predicted octanol–water partition coefficient (Wildman–Crippen LogP) is 4.78. The molecule has 3 heteroatoms. The second-order valence-corrected chi connectivity index (χ2v) is 6.61. The van der Waals surface area contributed by atoms with Gasteiger partial charge < -0.3 is 5.73 Å². The summed E-state index contributed by atoms with van der Waals surface area (Å²) < 4.78 is 0. The van der Waals surface area contributed by atoms with Crippen LogP contribution in [0.5, 0.6) is 0 Å². The Labute approximate surface area is 113 Å². The fourth-order valence-electron chi connectivity index (χ4n) is 2.26. The maximum Gasteiger partial charge on any atom is 0.0545 e. The second-order valence-electron chi connectivity index (χ2n) is 4.86. The van der Waals surface area contributed by atoms with Crippen LogP contribution < -0.4 is 5.73 Å². The van der Waals surface area contributed by atoms with Crippen molar-refractivity contribution in [3.63, 3.8) is 0 Å². The predicted molar refractivity (Wildman–Crippen MR) is 76.8 cm³/mol. The molecule has 0 aliphatic heterocycles. The van der Waals surface area contributed by atoms with Crippen LogP contribution in [0, 0.1) is 0 Å². The molecule has 0 radical (unpaired) electrons. The third-order valence-corrected chi connectivity index (χ3v) is 5.17. The Morgan fingerprint density at radius 3 is 2.59 bits per heavy atom. The van der Waals surface area contributed by atoms with Gasteiger partial charge in [0.25, 0.3) is 0 Å². The molecule has 0 unspecified atom stereocenters. The van der Waals surface area contributed by atoms with Crippen LogP contribution in [0.3, 0.4) is 0 Å². The number of rotatable bonds is 3. The van der Waals surface area contributed by atoms with E-state index >= 15 is 0 Å². The zero-order chi connectivity index (χ0) is 12.3. The summed E-state index contributed by atoms with van der Waals surface area (Å²) in [7, 11) is 0. The number of thioether (sulfide) groups is 1. The molecule has 1 aliphatic carbocycles. The Kier molecular flexibility index (Phi) is 4.78. The highest BCUT2D eigenvalue weighted by Gasteiger charge is 2.16. The fourth-order valence-corrected chi connectivity index (χ4v) is 3.83. The first-order chi connectivity index (χ1) is 8.16. The Hall–Kier alpha value is -0.180. The molecule has 0 bridgehead atoms. The molecule has 94 valence electrons. The van der Waals surface area contributed by atoms with Crippen molar-refractivity contribution in [2.75, 3.05) is 0 Å². The molecule has 0 heterocycles. The molecule has 1 aromatic rings. The van der Waals surface area contributed by atoms with Crippen molar-refractivity contribution in [2.24, 2.45) is 5.73 Å². The largest absolute Gasteiger partial charge is 0.324 e. The van der Waals surface area contributed by atoms with Crippen LogP contribution in [0.2, 0.25) is 5.02 Å². The number of nitrogens with two attached hydrogens (primary N) is 1. The Bertz CT molecular complexity index is 372. The van der Waals surface area contributed by atoms with Gasteiger partial charge in [-0.1, -0.05) is 36.9 Å². The highest BCUT2D eigenvalue weighted by molar-refractivity contribution is 8.00. The summed E-state index contributed by atoms with van der Waals surface area (Å²) in [5.74, 6) is 0. The van der Waals surface area contributed by atoms with Crippen molar-refractivity contribution < 1.29 is 0 Å². The van der Waals surface area contributed by atoms with E-state index in [2.05, 4.69) is 12.1 Å². The van der Waals surface area contributed by atoms with Gasteiger partial charge in [0.2, 0.25) is 0 Å². The zero-order valence-electron chi connectivity index (χ0n) is 10.3. The first-order valence-corrected chi connectivity index (χ1v) is 7.64. The second kappa shape index (κ2) is 6.12. The molecular weight excluding hydrogens is 250 g/mol. The molecule has 1 saturated carbocycles. The smallest absolute Gasteiger partial charge is 0.0545 e. The minimum Gasteiger partial charge on any atom is -0.324 e. The normalized spacial score (nSPS) is 19.2. The minimum absolute atomic E-state index is 0.0567. The summed E-state index contributed by atoms with van der Waals surface area (Å²) >= 11 is 8.26. The van der Waals surface area contributed by atoms with Crippen LogP contribution in [0.25, 0.3) is 0 Å². The molecular formula is C14H20ClNS. The first kappa shape index (κ1) is 13.3. The van der Waals surface area contributed by atoms with E-state index in [0.717, 1.165) is 15.8 Å². The van der Waals surface area contributed by atoms with Gasteiger partial charge in [-0.3, -0.25) is 0 Å². The van der Waals surface area contributed by atoms with E-state index in [9.17, 15) is 0 Å². The summed E-state index contributed by atoms with van der Waals surface area (Å²) in [5, 5.41) is 1.61. The maximum atomic E-state index is 6.32. The SMILES string of the molecule is C[C@@H](N)c1ccc(SC2CCCCC2)c(Cl)c1. The molecule has 0 spiro atoms. The van der Waals surface area contributed by atoms with Gasteiger partial charge in [0, 0.05) is 16.2 Å². The van der Waals surface area contributed by atoms with Crippen molar-refractivity contribution in [1.29, 1.82) is 0 Å². The van der Waals surface area contributed by atoms with Crippen LogP contribution in [-0.4, -0.2) is 5.25 Å². The molecule has 1 atom stereocenters. The summed E-state index contributed by atoms with van der Waals surface area (Å²) in [6.45, 7) is 1.99. The van der Waals surface area contributed by atoms with Crippen molar-refractivity contribution in [2.45, 2.75) is 55.2 Å². The lowest BCUT2D eigenvalue weighted by atomic mass is 10.0. The third kappa shape index (κ3) is 3.64. The van der Waals surface area contributed by atoms with E-state index in [1.54, 1.807) is 0 Å². The summed E-state index contributed by atoms with van der Waals surface area (Å²) in [5.41, 5.74) is 6.97. The van der Waals surface area contributed by atoms with Gasteiger partial charge in [-0.2, -0.15) is 0 Å².